The number of hydrogen-bond donors (Lipinski definition) is 2. The molecule has 2 rings (SSSR count). The first kappa shape index (κ1) is 12.4. The Kier molecular flexibility index (Phi) is 3.52. The molecule has 0 amide bonds. The lowest BCUT2D eigenvalue weighted by molar-refractivity contribution is 0.0696. The van der Waals surface area contributed by atoms with E-state index in [0.717, 1.165) is 4.90 Å². The van der Waals surface area contributed by atoms with Gasteiger partial charge in [-0.3, -0.25) is 9.67 Å². The van der Waals surface area contributed by atoms with Gasteiger partial charge in [-0.1, -0.05) is 0 Å². The molecule has 0 aliphatic rings. The molecule has 0 saturated carbocycles. The first-order valence-corrected chi connectivity index (χ1v) is 6.14. The minimum atomic E-state index is -0.971. The van der Waals surface area contributed by atoms with Gasteiger partial charge in [-0.2, -0.15) is 5.10 Å². The van der Waals surface area contributed by atoms with E-state index in [2.05, 4.69) is 10.1 Å². The van der Waals surface area contributed by atoms with Gasteiger partial charge in [-0.05, 0) is 6.07 Å². The second-order valence-corrected chi connectivity index (χ2v) is 4.65. The van der Waals surface area contributed by atoms with Crippen molar-refractivity contribution >= 4 is 23.4 Å². The van der Waals surface area contributed by atoms with E-state index in [-0.39, 0.29) is 5.56 Å². The minimum absolute atomic E-state index is 0.220. The maximum Gasteiger partial charge on any atom is 0.339 e. The van der Waals surface area contributed by atoms with Gasteiger partial charge in [0, 0.05) is 23.9 Å². The van der Waals surface area contributed by atoms with Crippen molar-refractivity contribution in [3.05, 3.63) is 35.9 Å². The van der Waals surface area contributed by atoms with Crippen LogP contribution in [0.5, 0.6) is 0 Å². The molecule has 7 heteroatoms. The summed E-state index contributed by atoms with van der Waals surface area (Å²) in [4.78, 5) is 15.8. The van der Waals surface area contributed by atoms with E-state index < -0.39 is 5.97 Å². The fourth-order valence-electron chi connectivity index (χ4n) is 1.48. The molecule has 2 aromatic rings. The van der Waals surface area contributed by atoms with Crippen LogP contribution in [-0.2, 0) is 12.8 Å². The van der Waals surface area contributed by atoms with Crippen molar-refractivity contribution < 1.29 is 9.90 Å². The molecule has 6 nitrogen and oxygen atoms in total. The van der Waals surface area contributed by atoms with Crippen molar-refractivity contribution in [3.63, 3.8) is 0 Å². The average Bonchev–Trinajstić information content (AvgIpc) is 2.70. The monoisotopic (exact) mass is 264 g/mol. The van der Waals surface area contributed by atoms with E-state index in [1.165, 1.54) is 18.0 Å². The third-order valence-electron chi connectivity index (χ3n) is 2.47. The number of aromatic nitrogens is 3. The lowest BCUT2D eigenvalue weighted by Gasteiger charge is -2.06. The largest absolute Gasteiger partial charge is 0.478 e. The summed E-state index contributed by atoms with van der Waals surface area (Å²) >= 11 is 1.46. The molecule has 0 fully saturated rings. The van der Waals surface area contributed by atoms with Crippen LogP contribution in [0.3, 0.4) is 0 Å². The van der Waals surface area contributed by atoms with Gasteiger partial charge in [-0.25, -0.2) is 4.79 Å². The molecular weight excluding hydrogens is 252 g/mol. The Hall–Kier alpha value is -2.02. The Balaban J connectivity index is 2.18. The fourth-order valence-corrected chi connectivity index (χ4v) is 2.50. The topological polar surface area (TPSA) is 94.0 Å². The number of pyridine rings is 1. The third kappa shape index (κ3) is 2.45. The van der Waals surface area contributed by atoms with Crippen molar-refractivity contribution in [1.82, 2.24) is 14.8 Å². The third-order valence-corrected chi connectivity index (χ3v) is 3.57. The normalized spacial score (nSPS) is 10.5. The Labute approximate surface area is 108 Å². The second kappa shape index (κ2) is 5.09. The van der Waals surface area contributed by atoms with E-state index in [9.17, 15) is 4.79 Å². The summed E-state index contributed by atoms with van der Waals surface area (Å²) in [5, 5.41) is 13.0. The molecule has 2 heterocycles. The highest BCUT2D eigenvalue weighted by atomic mass is 32.2. The molecule has 0 atom stereocenters. The van der Waals surface area contributed by atoms with E-state index in [0.29, 0.717) is 17.1 Å². The molecule has 0 radical (unpaired) electrons. The maximum absolute atomic E-state index is 11.0. The SMILES string of the molecule is Cn1ncc(C(=O)O)c1CSc1ccncc1N. The predicted molar refractivity (Wildman–Crippen MR) is 68.4 cm³/mol. The minimum Gasteiger partial charge on any atom is -0.478 e. The molecule has 94 valence electrons. The first-order valence-electron chi connectivity index (χ1n) is 5.16. The number of hydrogen-bond acceptors (Lipinski definition) is 5. The highest BCUT2D eigenvalue weighted by Crippen LogP contribution is 2.27. The number of aryl methyl sites for hydroxylation is 1. The van der Waals surface area contributed by atoms with Gasteiger partial charge >= 0.3 is 5.97 Å². The highest BCUT2D eigenvalue weighted by molar-refractivity contribution is 7.98. The fraction of sp³-hybridized carbons (Fsp3) is 0.182. The number of rotatable bonds is 4. The molecule has 0 bridgehead atoms. The Bertz CT molecular complexity index is 582. The Morgan fingerprint density at radius 3 is 3.00 bits per heavy atom. The van der Waals surface area contributed by atoms with Crippen LogP contribution in [0.25, 0.3) is 0 Å². The molecule has 2 aromatic heterocycles. The quantitative estimate of drug-likeness (QED) is 0.810. The van der Waals surface area contributed by atoms with Crippen LogP contribution in [0.2, 0.25) is 0 Å². The number of nitrogens with two attached hydrogens (primary N) is 1. The van der Waals surface area contributed by atoms with Gasteiger partial charge in [-0.15, -0.1) is 11.8 Å². The van der Waals surface area contributed by atoms with E-state index in [1.54, 1.807) is 30.2 Å². The molecule has 3 N–H and O–H groups in total. The van der Waals surface area contributed by atoms with E-state index >= 15 is 0 Å². The summed E-state index contributed by atoms with van der Waals surface area (Å²) in [6.07, 6.45) is 4.58. The highest BCUT2D eigenvalue weighted by Gasteiger charge is 2.15. The number of carbonyl (C=O) groups is 1. The summed E-state index contributed by atoms with van der Waals surface area (Å²) in [6, 6.07) is 1.80. The van der Waals surface area contributed by atoms with Gasteiger partial charge in [0.25, 0.3) is 0 Å². The zero-order valence-corrected chi connectivity index (χ0v) is 10.5. The van der Waals surface area contributed by atoms with Crippen molar-refractivity contribution in [2.24, 2.45) is 7.05 Å². The van der Waals surface area contributed by atoms with Crippen molar-refractivity contribution in [2.45, 2.75) is 10.6 Å². The lowest BCUT2D eigenvalue weighted by atomic mass is 10.3. The zero-order valence-electron chi connectivity index (χ0n) is 9.70. The maximum atomic E-state index is 11.0. The molecule has 0 saturated heterocycles. The van der Waals surface area contributed by atoms with Crippen LogP contribution in [0.1, 0.15) is 16.1 Å². The Morgan fingerprint density at radius 2 is 2.33 bits per heavy atom. The zero-order chi connectivity index (χ0) is 13.1. The predicted octanol–water partition coefficient (Wildman–Crippen LogP) is 1.39. The van der Waals surface area contributed by atoms with Crippen molar-refractivity contribution in [2.75, 3.05) is 5.73 Å². The van der Waals surface area contributed by atoms with Gasteiger partial charge < -0.3 is 10.8 Å². The van der Waals surface area contributed by atoms with E-state index in [4.69, 9.17) is 10.8 Å². The van der Waals surface area contributed by atoms with Gasteiger partial charge in [0.15, 0.2) is 0 Å². The summed E-state index contributed by atoms with van der Waals surface area (Å²) in [5.41, 5.74) is 7.23. The van der Waals surface area contributed by atoms with Crippen LogP contribution in [0, 0.1) is 0 Å². The van der Waals surface area contributed by atoms with Crippen LogP contribution in [-0.4, -0.2) is 25.8 Å². The van der Waals surface area contributed by atoms with Crippen LogP contribution < -0.4 is 5.73 Å². The average molecular weight is 264 g/mol. The number of nitrogen functional groups attached to an aromatic ring is 1. The summed E-state index contributed by atoms with van der Waals surface area (Å²) in [7, 11) is 1.72. The summed E-state index contributed by atoms with van der Waals surface area (Å²) in [5.74, 6) is -0.479. The molecule has 0 aliphatic heterocycles. The number of nitrogens with zero attached hydrogens (tertiary/aromatic N) is 3. The van der Waals surface area contributed by atoms with Crippen LogP contribution in [0.15, 0.2) is 29.6 Å². The summed E-state index contributed by atoms with van der Waals surface area (Å²) in [6.45, 7) is 0. The van der Waals surface area contributed by atoms with Gasteiger partial charge in [0.05, 0.1) is 23.8 Å². The number of anilines is 1. The second-order valence-electron chi connectivity index (χ2n) is 3.64. The van der Waals surface area contributed by atoms with Crippen LogP contribution in [0.4, 0.5) is 5.69 Å². The first-order chi connectivity index (χ1) is 8.59. The number of carboxylic acids is 1. The standard InChI is InChI=1S/C11H12N4O2S/c1-15-9(7(4-14-15)11(16)17)6-18-10-2-3-13-5-8(10)12/h2-5H,6,12H2,1H3,(H,16,17). The smallest absolute Gasteiger partial charge is 0.339 e. The number of aromatic carboxylic acids is 1. The molecule has 0 aromatic carbocycles. The molecule has 0 unspecified atom stereocenters. The van der Waals surface area contributed by atoms with Gasteiger partial charge in [0.2, 0.25) is 0 Å². The molecule has 0 aliphatic carbocycles. The van der Waals surface area contributed by atoms with Crippen LogP contribution >= 0.6 is 11.8 Å². The molecular formula is C11H12N4O2S. The lowest BCUT2D eigenvalue weighted by Crippen LogP contribution is -2.03. The molecule has 18 heavy (non-hydrogen) atoms. The number of thioether (sulfide) groups is 1. The van der Waals surface area contributed by atoms with Crippen molar-refractivity contribution in [1.29, 1.82) is 0 Å². The van der Waals surface area contributed by atoms with Crippen molar-refractivity contribution in [3.8, 4) is 0 Å². The van der Waals surface area contributed by atoms with Gasteiger partial charge in [0.1, 0.15) is 5.56 Å². The molecule has 0 spiro atoms. The Morgan fingerprint density at radius 1 is 1.56 bits per heavy atom. The number of carboxylic acid groups (broad SMARTS) is 1. The van der Waals surface area contributed by atoms with E-state index in [1.807, 2.05) is 0 Å². The summed E-state index contributed by atoms with van der Waals surface area (Å²) < 4.78 is 1.56.